The number of halogens is 2. The van der Waals surface area contributed by atoms with Crippen molar-refractivity contribution in [2.75, 3.05) is 35.8 Å². The summed E-state index contributed by atoms with van der Waals surface area (Å²) in [4.78, 5) is 25.3. The molecule has 3 aromatic rings. The van der Waals surface area contributed by atoms with Crippen molar-refractivity contribution in [1.29, 1.82) is 5.41 Å². The van der Waals surface area contributed by atoms with Gasteiger partial charge < -0.3 is 15.1 Å². The van der Waals surface area contributed by atoms with E-state index in [1.807, 2.05) is 13.0 Å². The van der Waals surface area contributed by atoms with Crippen molar-refractivity contribution in [2.45, 2.75) is 51.2 Å². The highest BCUT2D eigenvalue weighted by Crippen LogP contribution is 2.27. The molecule has 1 amide bonds. The van der Waals surface area contributed by atoms with E-state index in [0.29, 0.717) is 17.9 Å². The molecule has 3 N–H and O–H groups in total. The number of carbonyl (C=O) groups excluding carboxylic acids is 1. The second kappa shape index (κ2) is 11.5. The lowest BCUT2D eigenvalue weighted by molar-refractivity contribution is 0.0729. The molecule has 2 aromatic heterocycles. The van der Waals surface area contributed by atoms with Crippen LogP contribution in [0.5, 0.6) is 0 Å². The second-order valence-corrected chi connectivity index (χ2v) is 9.52. The SMILES string of the molecule is C#C.C[C@@H](CCCC1Nc2c3cc(F)cc(F)c3nc(=N)n2N1)N(C)C(=O)c1ccc(N2CCCC2)cn1. The minimum Gasteiger partial charge on any atom is -0.370 e. The van der Waals surface area contributed by atoms with Gasteiger partial charge >= 0.3 is 0 Å². The molecule has 0 saturated carbocycles. The molecule has 200 valence electrons. The summed E-state index contributed by atoms with van der Waals surface area (Å²) in [5, 5.41) is 11.6. The normalized spacial score (nSPS) is 16.7. The van der Waals surface area contributed by atoms with Crippen molar-refractivity contribution >= 4 is 28.3 Å². The van der Waals surface area contributed by atoms with Gasteiger partial charge in [-0.05, 0) is 57.2 Å². The average Bonchev–Trinajstić information content (AvgIpc) is 3.61. The molecule has 0 radical (unpaired) electrons. The Morgan fingerprint density at radius 2 is 2.00 bits per heavy atom. The number of rotatable bonds is 7. The lowest BCUT2D eigenvalue weighted by Gasteiger charge is -2.25. The number of pyridine rings is 1. The molecule has 11 heteroatoms. The zero-order chi connectivity index (χ0) is 27.4. The van der Waals surface area contributed by atoms with Crippen LogP contribution in [-0.2, 0) is 0 Å². The number of anilines is 2. The highest BCUT2D eigenvalue weighted by molar-refractivity contribution is 5.92. The molecule has 2 aliphatic rings. The summed E-state index contributed by atoms with van der Waals surface area (Å²) >= 11 is 0. The Morgan fingerprint density at radius 1 is 1.26 bits per heavy atom. The molecule has 0 aliphatic carbocycles. The zero-order valence-electron chi connectivity index (χ0n) is 21.5. The Kier molecular flexibility index (Phi) is 8.10. The predicted octanol–water partition coefficient (Wildman–Crippen LogP) is 3.66. The molecule has 0 bridgehead atoms. The molecule has 1 aromatic carbocycles. The van der Waals surface area contributed by atoms with E-state index in [2.05, 4.69) is 38.5 Å². The van der Waals surface area contributed by atoms with Crippen LogP contribution in [-0.4, -0.2) is 57.8 Å². The number of terminal acetylenes is 1. The Labute approximate surface area is 220 Å². The molecule has 9 nitrogen and oxygen atoms in total. The van der Waals surface area contributed by atoms with Crippen molar-refractivity contribution in [3.63, 3.8) is 0 Å². The molecule has 1 unspecified atom stereocenters. The topological polar surface area (TPSA) is 102 Å². The van der Waals surface area contributed by atoms with E-state index in [1.165, 1.54) is 23.6 Å². The molecular weight excluding hydrogens is 490 g/mol. The molecule has 2 aliphatic heterocycles. The fourth-order valence-electron chi connectivity index (χ4n) is 4.87. The first-order chi connectivity index (χ1) is 18.3. The maximum absolute atomic E-state index is 14.2. The minimum atomic E-state index is -0.797. The summed E-state index contributed by atoms with van der Waals surface area (Å²) in [6.07, 6.45) is 14.1. The zero-order valence-corrected chi connectivity index (χ0v) is 21.5. The van der Waals surface area contributed by atoms with Gasteiger partial charge in [-0.1, -0.05) is 0 Å². The van der Waals surface area contributed by atoms with Crippen LogP contribution in [0.3, 0.4) is 0 Å². The number of hydrogen-bond acceptors (Lipinski definition) is 7. The van der Waals surface area contributed by atoms with E-state index in [-0.39, 0.29) is 34.6 Å². The number of nitrogens with zero attached hydrogens (tertiary/aromatic N) is 5. The molecule has 4 heterocycles. The lowest BCUT2D eigenvalue weighted by atomic mass is 10.1. The highest BCUT2D eigenvalue weighted by atomic mass is 19.1. The number of hydrogen-bond donors (Lipinski definition) is 3. The van der Waals surface area contributed by atoms with E-state index in [9.17, 15) is 13.6 Å². The Balaban J connectivity index is 0.00000164. The molecule has 1 saturated heterocycles. The summed E-state index contributed by atoms with van der Waals surface area (Å²) in [5.74, 6) is -1.20. The maximum atomic E-state index is 14.2. The van der Waals surface area contributed by atoms with Crippen LogP contribution < -0.4 is 21.3 Å². The van der Waals surface area contributed by atoms with Crippen LogP contribution in [0.15, 0.2) is 30.5 Å². The van der Waals surface area contributed by atoms with Crippen LogP contribution in [0.4, 0.5) is 20.3 Å². The van der Waals surface area contributed by atoms with Gasteiger partial charge in [0, 0.05) is 37.6 Å². The van der Waals surface area contributed by atoms with Crippen molar-refractivity contribution < 1.29 is 13.6 Å². The number of fused-ring (bicyclic) bond motifs is 3. The Morgan fingerprint density at radius 3 is 2.68 bits per heavy atom. The third-order valence-corrected chi connectivity index (χ3v) is 7.07. The van der Waals surface area contributed by atoms with E-state index >= 15 is 0 Å². The smallest absolute Gasteiger partial charge is 0.272 e. The Bertz CT molecular complexity index is 1380. The number of carbonyl (C=O) groups is 1. The molecule has 5 rings (SSSR count). The van der Waals surface area contributed by atoms with Gasteiger partial charge in [0.15, 0.2) is 5.82 Å². The first kappa shape index (κ1) is 26.9. The number of aromatic nitrogens is 3. The summed E-state index contributed by atoms with van der Waals surface area (Å²) in [6.45, 7) is 4.06. The van der Waals surface area contributed by atoms with E-state index < -0.39 is 11.6 Å². The van der Waals surface area contributed by atoms with Crippen LogP contribution in [0, 0.1) is 29.9 Å². The summed E-state index contributed by atoms with van der Waals surface area (Å²) < 4.78 is 29.4. The lowest BCUT2D eigenvalue weighted by Crippen LogP contribution is -2.36. The van der Waals surface area contributed by atoms with Gasteiger partial charge in [0.2, 0.25) is 5.62 Å². The van der Waals surface area contributed by atoms with Crippen LogP contribution in [0.1, 0.15) is 49.5 Å². The quantitative estimate of drug-likeness (QED) is 0.410. The fourth-order valence-corrected chi connectivity index (χ4v) is 4.87. The van der Waals surface area contributed by atoms with Crippen molar-refractivity contribution in [3.05, 3.63) is 53.4 Å². The second-order valence-electron chi connectivity index (χ2n) is 9.52. The predicted molar refractivity (Wildman–Crippen MR) is 143 cm³/mol. The maximum Gasteiger partial charge on any atom is 0.272 e. The van der Waals surface area contributed by atoms with E-state index in [4.69, 9.17) is 5.41 Å². The van der Waals surface area contributed by atoms with Crippen LogP contribution >= 0.6 is 0 Å². The van der Waals surface area contributed by atoms with Gasteiger partial charge in [-0.3, -0.25) is 15.6 Å². The number of nitrogens with one attached hydrogen (secondary N) is 3. The van der Waals surface area contributed by atoms with Crippen molar-refractivity contribution in [2.24, 2.45) is 0 Å². The van der Waals surface area contributed by atoms with Gasteiger partial charge in [0.05, 0.1) is 11.9 Å². The fraction of sp³-hybridized carbons (Fsp3) is 0.407. The molecule has 1 fully saturated rings. The Hall–Kier alpha value is -4.20. The third kappa shape index (κ3) is 5.39. The first-order valence-corrected chi connectivity index (χ1v) is 12.6. The van der Waals surface area contributed by atoms with Crippen molar-refractivity contribution in [1.82, 2.24) is 19.5 Å². The van der Waals surface area contributed by atoms with E-state index in [0.717, 1.165) is 37.7 Å². The molecule has 0 spiro atoms. The van der Waals surface area contributed by atoms with Gasteiger partial charge in [-0.15, -0.1) is 12.8 Å². The summed E-state index contributed by atoms with van der Waals surface area (Å²) in [7, 11) is 1.79. The largest absolute Gasteiger partial charge is 0.370 e. The highest BCUT2D eigenvalue weighted by Gasteiger charge is 2.25. The van der Waals surface area contributed by atoms with Gasteiger partial charge in [0.1, 0.15) is 29.0 Å². The summed E-state index contributed by atoms with van der Waals surface area (Å²) in [5.41, 5.74) is 4.41. The average molecular weight is 523 g/mol. The standard InChI is InChI=1S/C25H30F2N8O.C2H2/c1-15(33(2)24(36)20-9-8-17(14-29-20)34-10-3-4-11-34)6-5-7-21-30-23-18-12-16(26)13-19(27)22(18)31-25(28)35(23)32-21;1-2/h8-9,12-15,21,28,30,32H,3-7,10-11H2,1-2H3;1-2H/t15-,21?;/m0./s1. The van der Waals surface area contributed by atoms with E-state index in [1.54, 1.807) is 24.2 Å². The molecule has 2 atom stereocenters. The van der Waals surface area contributed by atoms with Crippen molar-refractivity contribution in [3.8, 4) is 12.8 Å². The van der Waals surface area contributed by atoms with Crippen LogP contribution in [0.25, 0.3) is 10.9 Å². The number of amides is 1. The summed E-state index contributed by atoms with van der Waals surface area (Å²) in [6, 6.07) is 5.73. The van der Waals surface area contributed by atoms with Crippen LogP contribution in [0.2, 0.25) is 0 Å². The minimum absolute atomic E-state index is 0.00795. The first-order valence-electron chi connectivity index (χ1n) is 12.6. The molecule has 38 heavy (non-hydrogen) atoms. The van der Waals surface area contributed by atoms with Gasteiger partial charge in [-0.25, -0.2) is 23.4 Å². The number of benzene rings is 1. The third-order valence-electron chi connectivity index (χ3n) is 7.07. The molecular formula is C27H32F2N8O. The monoisotopic (exact) mass is 522 g/mol. The van der Waals surface area contributed by atoms with Gasteiger partial charge in [-0.2, -0.15) is 0 Å². The van der Waals surface area contributed by atoms with Gasteiger partial charge in [0.25, 0.3) is 5.91 Å².